The monoisotopic (exact) mass is 256 g/mol. The van der Waals surface area contributed by atoms with Crippen LogP contribution in [0.1, 0.15) is 12.0 Å². The predicted molar refractivity (Wildman–Crippen MR) is 83.7 cm³/mol. The van der Waals surface area contributed by atoms with Crippen molar-refractivity contribution in [3.8, 4) is 0 Å². The summed E-state index contributed by atoms with van der Waals surface area (Å²) < 4.78 is 0. The first-order chi connectivity index (χ1) is 9.20. The molecule has 0 aliphatic carbocycles. The van der Waals surface area contributed by atoms with Crippen molar-refractivity contribution in [1.29, 1.82) is 0 Å². The van der Waals surface area contributed by atoms with Gasteiger partial charge < -0.3 is 10.2 Å². The van der Waals surface area contributed by atoms with Crippen LogP contribution >= 0.6 is 0 Å². The molecule has 0 aliphatic heterocycles. The van der Waals surface area contributed by atoms with Crippen molar-refractivity contribution in [2.45, 2.75) is 18.9 Å². The molecule has 0 saturated heterocycles. The van der Waals surface area contributed by atoms with Gasteiger partial charge in [0.15, 0.2) is 0 Å². The highest BCUT2D eigenvalue weighted by molar-refractivity contribution is 5.85. The molecule has 1 atom stereocenters. The van der Waals surface area contributed by atoms with Crippen LogP contribution < -0.4 is 5.32 Å². The fourth-order valence-corrected chi connectivity index (χ4v) is 2.50. The molecular weight excluding hydrogens is 232 g/mol. The maximum atomic E-state index is 3.44. The van der Waals surface area contributed by atoms with Crippen molar-refractivity contribution in [3.05, 3.63) is 48.0 Å². The molecule has 0 bridgehead atoms. The molecule has 0 radical (unpaired) electrons. The number of rotatable bonds is 6. The first kappa shape index (κ1) is 14.0. The van der Waals surface area contributed by atoms with E-state index in [1.165, 1.54) is 22.8 Å². The Morgan fingerprint density at radius 1 is 1.05 bits per heavy atom. The summed E-state index contributed by atoms with van der Waals surface area (Å²) in [5.41, 5.74) is 1.44. The van der Waals surface area contributed by atoms with E-state index in [-0.39, 0.29) is 0 Å². The second-order valence-corrected chi connectivity index (χ2v) is 5.42. The molecular formula is C17H24N2. The fourth-order valence-electron chi connectivity index (χ4n) is 2.50. The van der Waals surface area contributed by atoms with E-state index in [0.29, 0.717) is 6.04 Å². The molecule has 0 aliphatic rings. The quantitative estimate of drug-likeness (QED) is 0.855. The zero-order valence-corrected chi connectivity index (χ0v) is 12.2. The smallest absolute Gasteiger partial charge is 0.0117 e. The van der Waals surface area contributed by atoms with Gasteiger partial charge >= 0.3 is 0 Å². The molecule has 0 amide bonds. The van der Waals surface area contributed by atoms with Crippen LogP contribution in [0.5, 0.6) is 0 Å². The highest BCUT2D eigenvalue weighted by Crippen LogP contribution is 2.20. The Bertz CT molecular complexity index is 514. The van der Waals surface area contributed by atoms with E-state index in [9.17, 15) is 0 Å². The molecule has 2 aromatic carbocycles. The second kappa shape index (κ2) is 6.69. The third-order valence-electron chi connectivity index (χ3n) is 3.68. The van der Waals surface area contributed by atoms with Gasteiger partial charge in [-0.3, -0.25) is 0 Å². The largest absolute Gasteiger partial charge is 0.317 e. The van der Waals surface area contributed by atoms with Crippen molar-refractivity contribution in [2.24, 2.45) is 0 Å². The first-order valence-electron chi connectivity index (χ1n) is 6.99. The van der Waals surface area contributed by atoms with Gasteiger partial charge in [0.25, 0.3) is 0 Å². The van der Waals surface area contributed by atoms with Crippen LogP contribution in [0.3, 0.4) is 0 Å². The second-order valence-electron chi connectivity index (χ2n) is 5.42. The number of benzene rings is 2. The maximum Gasteiger partial charge on any atom is 0.0117 e. The van der Waals surface area contributed by atoms with Gasteiger partial charge in [-0.05, 0) is 56.9 Å². The Morgan fingerprint density at radius 3 is 2.53 bits per heavy atom. The predicted octanol–water partition coefficient (Wildman–Crippen LogP) is 2.92. The van der Waals surface area contributed by atoms with E-state index in [2.05, 4.69) is 73.8 Å². The molecule has 2 rings (SSSR count). The minimum Gasteiger partial charge on any atom is -0.317 e. The number of hydrogen-bond donors (Lipinski definition) is 1. The van der Waals surface area contributed by atoms with Gasteiger partial charge in [0, 0.05) is 6.04 Å². The normalized spacial score (nSPS) is 13.1. The standard InChI is InChI=1S/C17H24N2/c1-18-16(11-12-19(2)3)13-15-9-6-8-14-7-4-5-10-17(14)15/h4-10,16,18H,11-13H2,1-3H3. The van der Waals surface area contributed by atoms with Crippen LogP contribution in [-0.2, 0) is 6.42 Å². The molecule has 102 valence electrons. The zero-order valence-electron chi connectivity index (χ0n) is 12.2. The van der Waals surface area contributed by atoms with Crippen LogP contribution in [0.4, 0.5) is 0 Å². The zero-order chi connectivity index (χ0) is 13.7. The lowest BCUT2D eigenvalue weighted by Crippen LogP contribution is -2.31. The number of hydrogen-bond acceptors (Lipinski definition) is 2. The molecule has 0 heterocycles. The summed E-state index contributed by atoms with van der Waals surface area (Å²) in [7, 11) is 6.32. The molecule has 1 N–H and O–H groups in total. The Morgan fingerprint density at radius 2 is 1.79 bits per heavy atom. The summed E-state index contributed by atoms with van der Waals surface area (Å²) in [4.78, 5) is 2.24. The first-order valence-corrected chi connectivity index (χ1v) is 6.99. The van der Waals surface area contributed by atoms with Crippen LogP contribution in [0.2, 0.25) is 0 Å². The molecule has 2 nitrogen and oxygen atoms in total. The van der Waals surface area contributed by atoms with Crippen molar-refractivity contribution in [2.75, 3.05) is 27.7 Å². The van der Waals surface area contributed by atoms with Crippen molar-refractivity contribution in [3.63, 3.8) is 0 Å². The summed E-state index contributed by atoms with van der Waals surface area (Å²) in [6.45, 7) is 1.12. The highest BCUT2D eigenvalue weighted by atomic mass is 15.1. The van der Waals surface area contributed by atoms with Gasteiger partial charge in [-0.25, -0.2) is 0 Å². The topological polar surface area (TPSA) is 15.3 Å². The summed E-state index contributed by atoms with van der Waals surface area (Å²) in [6, 6.07) is 15.8. The number of fused-ring (bicyclic) bond motifs is 1. The molecule has 0 fully saturated rings. The third-order valence-corrected chi connectivity index (χ3v) is 3.68. The average Bonchev–Trinajstić information content (AvgIpc) is 2.43. The van der Waals surface area contributed by atoms with E-state index >= 15 is 0 Å². The van der Waals surface area contributed by atoms with Gasteiger partial charge in [0.05, 0.1) is 0 Å². The van der Waals surface area contributed by atoms with Gasteiger partial charge in [0.1, 0.15) is 0 Å². The third kappa shape index (κ3) is 3.79. The number of nitrogens with one attached hydrogen (secondary N) is 1. The van der Waals surface area contributed by atoms with Crippen molar-refractivity contribution < 1.29 is 0 Å². The average molecular weight is 256 g/mol. The lowest BCUT2D eigenvalue weighted by Gasteiger charge is -2.19. The molecule has 2 heteroatoms. The Balaban J connectivity index is 2.15. The fraction of sp³-hybridized carbons (Fsp3) is 0.412. The summed E-state index contributed by atoms with van der Waals surface area (Å²) >= 11 is 0. The van der Waals surface area contributed by atoms with Gasteiger partial charge in [-0.15, -0.1) is 0 Å². The molecule has 0 aromatic heterocycles. The SMILES string of the molecule is CNC(CCN(C)C)Cc1cccc2ccccc12. The van der Waals surface area contributed by atoms with E-state index in [0.717, 1.165) is 13.0 Å². The minimum atomic E-state index is 0.535. The molecule has 0 saturated carbocycles. The summed E-state index contributed by atoms with van der Waals surface area (Å²) in [5, 5.41) is 6.16. The van der Waals surface area contributed by atoms with E-state index in [1.807, 2.05) is 0 Å². The lowest BCUT2D eigenvalue weighted by molar-refractivity contribution is 0.364. The van der Waals surface area contributed by atoms with Gasteiger partial charge in [-0.2, -0.15) is 0 Å². The minimum absolute atomic E-state index is 0.535. The summed E-state index contributed by atoms with van der Waals surface area (Å²) in [6.07, 6.45) is 2.26. The number of nitrogens with zero attached hydrogens (tertiary/aromatic N) is 1. The van der Waals surface area contributed by atoms with Crippen LogP contribution in [-0.4, -0.2) is 38.6 Å². The van der Waals surface area contributed by atoms with Crippen molar-refractivity contribution >= 4 is 10.8 Å². The Kier molecular flexibility index (Phi) is 4.94. The Labute approximate surface area is 116 Å². The van der Waals surface area contributed by atoms with Gasteiger partial charge in [0.2, 0.25) is 0 Å². The van der Waals surface area contributed by atoms with E-state index in [4.69, 9.17) is 0 Å². The molecule has 19 heavy (non-hydrogen) atoms. The van der Waals surface area contributed by atoms with Crippen LogP contribution in [0.15, 0.2) is 42.5 Å². The van der Waals surface area contributed by atoms with E-state index in [1.54, 1.807) is 0 Å². The van der Waals surface area contributed by atoms with Gasteiger partial charge in [-0.1, -0.05) is 42.5 Å². The van der Waals surface area contributed by atoms with Crippen LogP contribution in [0, 0.1) is 0 Å². The summed E-state index contributed by atoms with van der Waals surface area (Å²) in [5.74, 6) is 0. The lowest BCUT2D eigenvalue weighted by atomic mass is 9.97. The molecule has 2 aromatic rings. The van der Waals surface area contributed by atoms with Crippen LogP contribution in [0.25, 0.3) is 10.8 Å². The maximum absolute atomic E-state index is 3.44. The van der Waals surface area contributed by atoms with Crippen molar-refractivity contribution in [1.82, 2.24) is 10.2 Å². The molecule has 0 spiro atoms. The number of likely N-dealkylation sites (N-methyl/N-ethyl adjacent to an activating group) is 1. The molecule has 1 unspecified atom stereocenters. The Hall–Kier alpha value is -1.38. The van der Waals surface area contributed by atoms with E-state index < -0.39 is 0 Å². The highest BCUT2D eigenvalue weighted by Gasteiger charge is 2.09.